The van der Waals surface area contributed by atoms with Gasteiger partial charge in [-0.15, -0.1) is 0 Å². The minimum absolute atomic E-state index is 0.555. The lowest BCUT2D eigenvalue weighted by molar-refractivity contribution is 0.295. The minimum Gasteiger partial charge on any atom is -0.492 e. The number of halogens is 2. The normalized spacial score (nSPS) is 11.0. The molecule has 4 heteroatoms. The Morgan fingerprint density at radius 1 is 1.28 bits per heavy atom. The van der Waals surface area contributed by atoms with Crippen LogP contribution in [0.1, 0.15) is 32.3 Å². The van der Waals surface area contributed by atoms with Crippen LogP contribution in [-0.4, -0.2) is 13.2 Å². The molecule has 0 heterocycles. The second-order valence-corrected chi connectivity index (χ2v) is 5.64. The van der Waals surface area contributed by atoms with E-state index in [1.54, 1.807) is 6.07 Å². The fourth-order valence-corrected chi connectivity index (χ4v) is 2.37. The molecule has 0 radical (unpaired) electrons. The van der Waals surface area contributed by atoms with Gasteiger partial charge >= 0.3 is 0 Å². The van der Waals surface area contributed by atoms with Crippen molar-refractivity contribution in [3.63, 3.8) is 0 Å². The van der Waals surface area contributed by atoms with Gasteiger partial charge in [0.05, 0.1) is 11.6 Å². The van der Waals surface area contributed by atoms with Gasteiger partial charge in [0.2, 0.25) is 0 Å². The summed E-state index contributed by atoms with van der Waals surface area (Å²) in [5, 5.41) is 1.19. The third-order valence-electron chi connectivity index (χ3n) is 2.67. The summed E-state index contributed by atoms with van der Waals surface area (Å²) in [7, 11) is 0. The Bertz CT molecular complexity index is 380. The second kappa shape index (κ2) is 7.88. The molecule has 0 unspecified atom stereocenters. The summed E-state index contributed by atoms with van der Waals surface area (Å²) in [6.07, 6.45) is 2.90. The third kappa shape index (κ3) is 5.05. The fourth-order valence-electron chi connectivity index (χ4n) is 1.78. The number of hydrogen-bond acceptors (Lipinski definition) is 2. The number of benzene rings is 1. The maximum atomic E-state index is 6.16. The minimum atomic E-state index is 0.555. The molecule has 102 valence electrons. The molecule has 0 fully saturated rings. The molecular weight excluding hydrogens is 269 g/mol. The highest BCUT2D eigenvalue weighted by Gasteiger charge is 2.10. The van der Waals surface area contributed by atoms with Crippen molar-refractivity contribution >= 4 is 23.2 Å². The molecule has 2 nitrogen and oxygen atoms in total. The van der Waals surface area contributed by atoms with Gasteiger partial charge in [0.15, 0.2) is 0 Å². The van der Waals surface area contributed by atoms with E-state index in [0.29, 0.717) is 29.1 Å². The lowest BCUT2D eigenvalue weighted by Gasteiger charge is -2.14. The number of rotatable bonds is 7. The van der Waals surface area contributed by atoms with E-state index >= 15 is 0 Å². The van der Waals surface area contributed by atoms with Crippen LogP contribution in [0, 0.1) is 5.92 Å². The topological polar surface area (TPSA) is 35.2 Å². The Labute approximate surface area is 119 Å². The molecule has 1 rings (SSSR count). The average Bonchev–Trinajstić information content (AvgIpc) is 2.26. The summed E-state index contributed by atoms with van der Waals surface area (Å²) in [5.74, 6) is 1.42. The van der Waals surface area contributed by atoms with Crippen molar-refractivity contribution in [2.24, 2.45) is 11.7 Å². The van der Waals surface area contributed by atoms with Crippen LogP contribution in [-0.2, 0) is 6.42 Å². The molecule has 0 saturated heterocycles. The molecule has 1 aromatic rings. The first kappa shape index (κ1) is 15.6. The third-order valence-corrected chi connectivity index (χ3v) is 3.17. The fraction of sp³-hybridized carbons (Fsp3) is 0.571. The van der Waals surface area contributed by atoms with Crippen LogP contribution >= 0.6 is 23.2 Å². The maximum Gasteiger partial charge on any atom is 0.141 e. The molecule has 2 N–H and O–H groups in total. The lowest BCUT2D eigenvalue weighted by atomic mass is 10.1. The number of nitrogens with two attached hydrogens (primary N) is 1. The molecule has 0 aliphatic carbocycles. The molecule has 0 aliphatic rings. The first-order valence-electron chi connectivity index (χ1n) is 6.35. The highest BCUT2D eigenvalue weighted by atomic mass is 35.5. The molecule has 0 atom stereocenters. The molecule has 0 saturated carbocycles. The Morgan fingerprint density at radius 2 is 2.00 bits per heavy atom. The molecule has 0 spiro atoms. The van der Waals surface area contributed by atoms with E-state index in [1.807, 2.05) is 6.07 Å². The summed E-state index contributed by atoms with van der Waals surface area (Å²) in [4.78, 5) is 0. The summed E-state index contributed by atoms with van der Waals surface area (Å²) >= 11 is 12.1. The van der Waals surface area contributed by atoms with E-state index in [2.05, 4.69) is 13.8 Å². The van der Waals surface area contributed by atoms with Gasteiger partial charge in [-0.25, -0.2) is 0 Å². The van der Waals surface area contributed by atoms with Crippen molar-refractivity contribution in [3.8, 4) is 5.75 Å². The molecule has 0 amide bonds. The van der Waals surface area contributed by atoms with Gasteiger partial charge in [0.1, 0.15) is 5.75 Å². The average molecular weight is 290 g/mol. The van der Waals surface area contributed by atoms with Crippen LogP contribution in [0.25, 0.3) is 0 Å². The first-order chi connectivity index (χ1) is 8.54. The van der Waals surface area contributed by atoms with Gasteiger partial charge < -0.3 is 10.5 Å². The Kier molecular flexibility index (Phi) is 6.83. The molecule has 0 aliphatic heterocycles. The number of ether oxygens (including phenoxy) is 1. The lowest BCUT2D eigenvalue weighted by Crippen LogP contribution is -2.07. The highest BCUT2D eigenvalue weighted by molar-refractivity contribution is 6.35. The Morgan fingerprint density at radius 3 is 2.61 bits per heavy atom. The van der Waals surface area contributed by atoms with E-state index in [-0.39, 0.29) is 0 Å². The largest absolute Gasteiger partial charge is 0.492 e. The zero-order valence-corrected chi connectivity index (χ0v) is 12.5. The van der Waals surface area contributed by atoms with Crippen molar-refractivity contribution in [2.45, 2.75) is 33.1 Å². The SMILES string of the molecule is CC(C)CCCOc1c(Cl)cc(Cl)cc1CCN. The van der Waals surface area contributed by atoms with E-state index in [4.69, 9.17) is 33.7 Å². The summed E-state index contributed by atoms with van der Waals surface area (Å²) in [6.45, 7) is 5.64. The van der Waals surface area contributed by atoms with Crippen molar-refractivity contribution < 1.29 is 4.74 Å². The van der Waals surface area contributed by atoms with Crippen LogP contribution in [0.5, 0.6) is 5.75 Å². The van der Waals surface area contributed by atoms with E-state index < -0.39 is 0 Å². The van der Waals surface area contributed by atoms with Crippen LogP contribution < -0.4 is 10.5 Å². The molecule has 1 aromatic carbocycles. The van der Waals surface area contributed by atoms with Crippen LogP contribution in [0.3, 0.4) is 0 Å². The highest BCUT2D eigenvalue weighted by Crippen LogP contribution is 2.32. The van der Waals surface area contributed by atoms with E-state index in [1.165, 1.54) is 0 Å². The van der Waals surface area contributed by atoms with Gasteiger partial charge in [0, 0.05) is 5.02 Å². The predicted octanol–water partition coefficient (Wildman–Crippen LogP) is 4.31. The van der Waals surface area contributed by atoms with E-state index in [9.17, 15) is 0 Å². The van der Waals surface area contributed by atoms with Crippen LogP contribution in [0.15, 0.2) is 12.1 Å². The Balaban J connectivity index is 2.67. The van der Waals surface area contributed by atoms with Crippen molar-refractivity contribution in [3.05, 3.63) is 27.7 Å². The van der Waals surface area contributed by atoms with Gasteiger partial charge in [-0.1, -0.05) is 37.0 Å². The molecule has 0 aromatic heterocycles. The van der Waals surface area contributed by atoms with Gasteiger partial charge in [-0.3, -0.25) is 0 Å². The quantitative estimate of drug-likeness (QED) is 0.759. The first-order valence-corrected chi connectivity index (χ1v) is 7.11. The van der Waals surface area contributed by atoms with Crippen molar-refractivity contribution in [2.75, 3.05) is 13.2 Å². The summed E-state index contributed by atoms with van der Waals surface area (Å²) in [5.41, 5.74) is 6.57. The zero-order chi connectivity index (χ0) is 13.5. The van der Waals surface area contributed by atoms with Gasteiger partial charge in [-0.05, 0) is 49.4 Å². The molecule has 0 bridgehead atoms. The smallest absolute Gasteiger partial charge is 0.141 e. The molecule has 18 heavy (non-hydrogen) atoms. The Hall–Kier alpha value is -0.440. The predicted molar refractivity (Wildman–Crippen MR) is 78.8 cm³/mol. The van der Waals surface area contributed by atoms with E-state index in [0.717, 1.165) is 30.6 Å². The number of hydrogen-bond donors (Lipinski definition) is 1. The van der Waals surface area contributed by atoms with Gasteiger partial charge in [-0.2, -0.15) is 0 Å². The zero-order valence-electron chi connectivity index (χ0n) is 11.0. The monoisotopic (exact) mass is 289 g/mol. The maximum absolute atomic E-state index is 6.16. The molecular formula is C14H21Cl2NO. The van der Waals surface area contributed by atoms with Gasteiger partial charge in [0.25, 0.3) is 0 Å². The summed E-state index contributed by atoms with van der Waals surface area (Å²) in [6, 6.07) is 3.58. The van der Waals surface area contributed by atoms with Crippen LogP contribution in [0.4, 0.5) is 0 Å². The van der Waals surface area contributed by atoms with Crippen molar-refractivity contribution in [1.29, 1.82) is 0 Å². The van der Waals surface area contributed by atoms with Crippen molar-refractivity contribution in [1.82, 2.24) is 0 Å². The van der Waals surface area contributed by atoms with Crippen LogP contribution in [0.2, 0.25) is 10.0 Å². The second-order valence-electron chi connectivity index (χ2n) is 4.80. The standard InChI is InChI=1S/C14H21Cl2NO/c1-10(2)4-3-7-18-14-11(5-6-17)8-12(15)9-13(14)16/h8-10H,3-7,17H2,1-2H3. The summed E-state index contributed by atoms with van der Waals surface area (Å²) < 4.78 is 5.78.